The number of nitrogens with zero attached hydrogens (tertiary/aromatic N) is 5. The summed E-state index contributed by atoms with van der Waals surface area (Å²) >= 11 is 0. The van der Waals surface area contributed by atoms with E-state index in [2.05, 4.69) is 43.8 Å². The lowest BCUT2D eigenvalue weighted by molar-refractivity contribution is 0.0300. The zero-order valence-corrected chi connectivity index (χ0v) is 15.6. The molecule has 0 saturated carbocycles. The number of hydrogen-bond acceptors (Lipinski definition) is 6. The van der Waals surface area contributed by atoms with Crippen molar-refractivity contribution >= 4 is 5.95 Å². The molecule has 2 aromatic rings. The lowest BCUT2D eigenvalue weighted by Gasteiger charge is -2.43. The van der Waals surface area contributed by atoms with Crippen LogP contribution in [0.2, 0.25) is 0 Å². The van der Waals surface area contributed by atoms with E-state index in [1.165, 1.54) is 0 Å². The first-order chi connectivity index (χ1) is 11.8. The van der Waals surface area contributed by atoms with Gasteiger partial charge in [-0.2, -0.15) is 0 Å². The van der Waals surface area contributed by atoms with Gasteiger partial charge in [-0.15, -0.1) is 10.2 Å². The summed E-state index contributed by atoms with van der Waals surface area (Å²) in [5.41, 5.74) is 1.24. The Morgan fingerprint density at radius 1 is 1.16 bits per heavy atom. The topological polar surface area (TPSA) is 95.1 Å². The number of aromatic amines is 2. The monoisotopic (exact) mass is 349 g/mol. The highest BCUT2D eigenvalue weighted by atomic mass is 16.5. The molecule has 25 heavy (non-hydrogen) atoms. The summed E-state index contributed by atoms with van der Waals surface area (Å²) in [5.74, 6) is 1.48. The lowest BCUT2D eigenvalue weighted by atomic mass is 10.0. The van der Waals surface area contributed by atoms with Gasteiger partial charge in [0.15, 0.2) is 5.82 Å². The van der Waals surface area contributed by atoms with E-state index in [0.29, 0.717) is 18.1 Å². The quantitative estimate of drug-likeness (QED) is 0.809. The molecule has 0 amide bonds. The molecule has 2 aromatic heterocycles. The molecule has 9 nitrogen and oxygen atoms in total. The second-order valence-electron chi connectivity index (χ2n) is 7.18. The van der Waals surface area contributed by atoms with E-state index in [1.54, 1.807) is 7.11 Å². The van der Waals surface area contributed by atoms with Gasteiger partial charge in [-0.05, 0) is 20.8 Å². The number of ether oxygens (including phenoxy) is 1. The second-order valence-corrected chi connectivity index (χ2v) is 7.18. The minimum atomic E-state index is -0.231. The van der Waals surface area contributed by atoms with Crippen LogP contribution in [0.3, 0.4) is 0 Å². The molecule has 0 aliphatic carbocycles. The van der Waals surface area contributed by atoms with Crippen molar-refractivity contribution in [3.8, 4) is 11.5 Å². The number of nitrogens with one attached hydrogen (secondary N) is 2. The van der Waals surface area contributed by atoms with Crippen molar-refractivity contribution in [3.05, 3.63) is 16.2 Å². The van der Waals surface area contributed by atoms with Crippen molar-refractivity contribution in [2.24, 2.45) is 7.05 Å². The highest BCUT2D eigenvalue weighted by Crippen LogP contribution is 2.23. The summed E-state index contributed by atoms with van der Waals surface area (Å²) in [7, 11) is 3.67. The third kappa shape index (κ3) is 3.34. The maximum Gasteiger partial charge on any atom is 0.323 e. The molecule has 2 N–H and O–H groups in total. The number of imidazole rings is 1. The fraction of sp³-hybridized carbons (Fsp3) is 0.688. The zero-order valence-electron chi connectivity index (χ0n) is 15.6. The highest BCUT2D eigenvalue weighted by molar-refractivity contribution is 5.55. The molecule has 3 rings (SSSR count). The molecule has 1 saturated heterocycles. The summed E-state index contributed by atoms with van der Waals surface area (Å²) < 4.78 is 7.27. The molecule has 0 spiro atoms. The molecule has 3 heterocycles. The van der Waals surface area contributed by atoms with Crippen LogP contribution in [0, 0.1) is 6.92 Å². The Morgan fingerprint density at radius 3 is 2.40 bits per heavy atom. The van der Waals surface area contributed by atoms with E-state index >= 15 is 0 Å². The van der Waals surface area contributed by atoms with Crippen LogP contribution in [0.1, 0.15) is 19.5 Å². The van der Waals surface area contributed by atoms with Crippen molar-refractivity contribution in [2.75, 3.05) is 44.8 Å². The number of aromatic nitrogens is 5. The third-order valence-corrected chi connectivity index (χ3v) is 4.91. The number of hydrogen-bond donors (Lipinski definition) is 2. The molecular weight excluding hydrogens is 322 g/mol. The van der Waals surface area contributed by atoms with Crippen LogP contribution in [0.5, 0.6) is 0 Å². The van der Waals surface area contributed by atoms with Gasteiger partial charge in [0.25, 0.3) is 0 Å². The smallest absolute Gasteiger partial charge is 0.323 e. The standard InChI is InChI=1S/C16H27N7O2/c1-11-12(18-14(24)17-11)13-19-20-15(21(13)4)22-6-8-23(9-7-22)16(2,3)10-25-5/h6-10H2,1-5H3,(H2,17,18,24). The van der Waals surface area contributed by atoms with Gasteiger partial charge in [0.2, 0.25) is 5.95 Å². The molecule has 0 aromatic carbocycles. The molecular formula is C16H27N7O2. The molecule has 138 valence electrons. The van der Waals surface area contributed by atoms with Crippen molar-refractivity contribution in [2.45, 2.75) is 26.3 Å². The van der Waals surface area contributed by atoms with E-state index in [-0.39, 0.29) is 11.2 Å². The first-order valence-corrected chi connectivity index (χ1v) is 8.51. The maximum atomic E-state index is 11.5. The van der Waals surface area contributed by atoms with Gasteiger partial charge in [0.1, 0.15) is 5.69 Å². The Balaban J connectivity index is 1.75. The largest absolute Gasteiger partial charge is 0.383 e. The van der Waals surface area contributed by atoms with Gasteiger partial charge in [-0.1, -0.05) is 0 Å². The number of rotatable bonds is 5. The minimum absolute atomic E-state index is 0.0214. The van der Waals surface area contributed by atoms with Gasteiger partial charge in [0, 0.05) is 51.6 Å². The predicted molar refractivity (Wildman–Crippen MR) is 95.9 cm³/mol. The highest BCUT2D eigenvalue weighted by Gasteiger charge is 2.31. The summed E-state index contributed by atoms with van der Waals surface area (Å²) in [6.07, 6.45) is 0. The van der Waals surface area contributed by atoms with E-state index in [4.69, 9.17) is 4.74 Å². The van der Waals surface area contributed by atoms with Crippen LogP contribution in [0.25, 0.3) is 11.5 Å². The average Bonchev–Trinajstić information content (AvgIpc) is 3.09. The molecule has 0 radical (unpaired) electrons. The van der Waals surface area contributed by atoms with E-state index in [1.807, 2.05) is 18.5 Å². The van der Waals surface area contributed by atoms with E-state index in [9.17, 15) is 4.79 Å². The van der Waals surface area contributed by atoms with E-state index in [0.717, 1.165) is 37.8 Å². The molecule has 9 heteroatoms. The van der Waals surface area contributed by atoms with Crippen molar-refractivity contribution < 1.29 is 4.74 Å². The second kappa shape index (κ2) is 6.64. The summed E-state index contributed by atoms with van der Waals surface area (Å²) in [4.78, 5) is 21.7. The zero-order chi connectivity index (χ0) is 18.2. The number of piperazine rings is 1. The van der Waals surface area contributed by atoms with Crippen LogP contribution in [0.15, 0.2) is 4.79 Å². The maximum absolute atomic E-state index is 11.5. The van der Waals surface area contributed by atoms with Crippen molar-refractivity contribution in [3.63, 3.8) is 0 Å². The SMILES string of the molecule is COCC(C)(C)N1CCN(c2nnc(-c3[nH]c(=O)[nH]c3C)n2C)CC1. The summed E-state index contributed by atoms with van der Waals surface area (Å²) in [6.45, 7) is 10.6. The van der Waals surface area contributed by atoms with Gasteiger partial charge < -0.3 is 19.6 Å². The molecule has 1 fully saturated rings. The average molecular weight is 349 g/mol. The number of H-pyrrole nitrogens is 2. The Kier molecular flexibility index (Phi) is 4.70. The Labute approximate surface area is 147 Å². The van der Waals surface area contributed by atoms with Crippen molar-refractivity contribution in [1.82, 2.24) is 29.6 Å². The fourth-order valence-corrected chi connectivity index (χ4v) is 3.47. The fourth-order valence-electron chi connectivity index (χ4n) is 3.47. The lowest BCUT2D eigenvalue weighted by Crippen LogP contribution is -2.56. The van der Waals surface area contributed by atoms with Crippen LogP contribution < -0.4 is 10.6 Å². The molecule has 0 unspecified atom stereocenters. The van der Waals surface area contributed by atoms with Crippen LogP contribution in [-0.2, 0) is 11.8 Å². The summed E-state index contributed by atoms with van der Waals surface area (Å²) in [5, 5.41) is 8.63. The summed E-state index contributed by atoms with van der Waals surface area (Å²) in [6, 6.07) is 0. The third-order valence-electron chi connectivity index (χ3n) is 4.91. The molecule has 0 bridgehead atoms. The van der Waals surface area contributed by atoms with E-state index < -0.39 is 0 Å². The van der Waals surface area contributed by atoms with Gasteiger partial charge in [-0.25, -0.2) is 4.79 Å². The van der Waals surface area contributed by atoms with Crippen molar-refractivity contribution in [1.29, 1.82) is 0 Å². The van der Waals surface area contributed by atoms with Crippen LogP contribution >= 0.6 is 0 Å². The normalized spacial score (nSPS) is 16.6. The van der Waals surface area contributed by atoms with Gasteiger partial charge in [-0.3, -0.25) is 9.47 Å². The molecule has 1 aliphatic rings. The Hall–Kier alpha value is -2.13. The minimum Gasteiger partial charge on any atom is -0.383 e. The van der Waals surface area contributed by atoms with Gasteiger partial charge in [0.05, 0.1) is 6.61 Å². The van der Waals surface area contributed by atoms with Crippen LogP contribution in [0.4, 0.5) is 5.95 Å². The Morgan fingerprint density at radius 2 is 1.84 bits per heavy atom. The first-order valence-electron chi connectivity index (χ1n) is 8.51. The number of aryl methyl sites for hydroxylation is 1. The predicted octanol–water partition coefficient (Wildman–Crippen LogP) is 0.354. The first kappa shape index (κ1) is 17.7. The molecule has 1 aliphatic heterocycles. The number of anilines is 1. The molecule has 0 atom stereocenters. The van der Waals surface area contributed by atoms with Gasteiger partial charge >= 0.3 is 5.69 Å². The Bertz CT molecular complexity index is 781. The number of methoxy groups -OCH3 is 1. The van der Waals surface area contributed by atoms with Crippen LogP contribution in [-0.4, -0.2) is 75.1 Å².